The largest absolute Gasteiger partial charge is 0.446 e. The first-order chi connectivity index (χ1) is 4.61. The molecule has 1 rings (SSSR count). The highest BCUT2D eigenvalue weighted by molar-refractivity contribution is 5.94. The van der Waals surface area contributed by atoms with Crippen molar-refractivity contribution in [3.8, 4) is 0 Å². The molecule has 0 aromatic rings. The molecule has 0 fully saturated rings. The summed E-state index contributed by atoms with van der Waals surface area (Å²) in [4.78, 5) is 10.9. The molecule has 1 heterocycles. The van der Waals surface area contributed by atoms with Crippen LogP contribution in [-0.4, -0.2) is 5.91 Å². The van der Waals surface area contributed by atoms with Crippen LogP contribution < -0.4 is 5.32 Å². The number of allylic oxidation sites excluding steroid dienone is 1. The molecule has 1 N–H and O–H groups in total. The Balaban J connectivity index is 2.95. The van der Waals surface area contributed by atoms with E-state index in [0.29, 0.717) is 17.2 Å². The molecule has 1 aliphatic heterocycles. The third-order valence-corrected chi connectivity index (χ3v) is 1.40. The second-order valence-corrected chi connectivity index (χ2v) is 2.16. The number of amides is 1. The summed E-state index contributed by atoms with van der Waals surface area (Å²) in [5.74, 6) is 0.788. The minimum atomic E-state index is -0.131. The Morgan fingerprint density at radius 1 is 1.50 bits per heavy atom. The normalized spacial score (nSPS) is 18.6. The molecule has 0 aromatic carbocycles. The van der Waals surface area contributed by atoms with E-state index >= 15 is 0 Å². The average Bonchev–Trinajstić information content (AvgIpc) is 1.82. The predicted octanol–water partition coefficient (Wildman–Crippen LogP) is 0.898. The zero-order valence-electron chi connectivity index (χ0n) is 6.02. The maximum absolute atomic E-state index is 10.9. The summed E-state index contributed by atoms with van der Waals surface area (Å²) >= 11 is 0. The van der Waals surface area contributed by atoms with Crippen LogP contribution in [0.3, 0.4) is 0 Å². The van der Waals surface area contributed by atoms with Gasteiger partial charge in [-0.2, -0.15) is 0 Å². The summed E-state index contributed by atoms with van der Waals surface area (Å²) in [7, 11) is 0. The summed E-state index contributed by atoms with van der Waals surface area (Å²) in [6.45, 7) is 6.90. The Morgan fingerprint density at radius 3 is 2.60 bits per heavy atom. The first-order valence-corrected chi connectivity index (χ1v) is 2.97. The molecule has 0 saturated heterocycles. The minimum absolute atomic E-state index is 0.131. The van der Waals surface area contributed by atoms with Crippen molar-refractivity contribution in [3.05, 3.63) is 23.8 Å². The quantitative estimate of drug-likeness (QED) is 0.541. The van der Waals surface area contributed by atoms with E-state index in [-0.39, 0.29) is 5.91 Å². The molecule has 3 heteroatoms. The van der Waals surface area contributed by atoms with Crippen molar-refractivity contribution in [2.75, 3.05) is 0 Å². The van der Waals surface area contributed by atoms with Gasteiger partial charge < -0.3 is 4.74 Å². The van der Waals surface area contributed by atoms with Crippen molar-refractivity contribution < 1.29 is 9.53 Å². The third-order valence-electron chi connectivity index (χ3n) is 1.40. The number of hydrogen-bond acceptors (Lipinski definition) is 2. The molecular formula is C7H9NO2. The number of nitrogens with one attached hydrogen (secondary N) is 1. The van der Waals surface area contributed by atoms with Crippen LogP contribution in [0, 0.1) is 0 Å². The minimum Gasteiger partial charge on any atom is -0.446 e. The van der Waals surface area contributed by atoms with Gasteiger partial charge >= 0.3 is 0 Å². The van der Waals surface area contributed by atoms with E-state index in [1.165, 1.54) is 0 Å². The van der Waals surface area contributed by atoms with Crippen LogP contribution in [0.2, 0.25) is 0 Å². The second kappa shape index (κ2) is 2.17. The standard InChI is InChI=1S/C7H9NO2/c1-4-5(2)10-6(3)8-7(4)9/h3H2,1-2H3,(H,8,9). The highest BCUT2D eigenvalue weighted by atomic mass is 16.5. The van der Waals surface area contributed by atoms with Crippen LogP contribution in [0.25, 0.3) is 0 Å². The van der Waals surface area contributed by atoms with Crippen LogP contribution in [0.4, 0.5) is 0 Å². The van der Waals surface area contributed by atoms with E-state index in [9.17, 15) is 4.79 Å². The monoisotopic (exact) mass is 139 g/mol. The zero-order chi connectivity index (χ0) is 7.72. The lowest BCUT2D eigenvalue weighted by Gasteiger charge is -2.17. The summed E-state index contributed by atoms with van der Waals surface area (Å²) in [5.41, 5.74) is 0.604. The van der Waals surface area contributed by atoms with E-state index in [1.54, 1.807) is 13.8 Å². The molecule has 1 amide bonds. The van der Waals surface area contributed by atoms with E-state index in [4.69, 9.17) is 4.74 Å². The molecule has 54 valence electrons. The van der Waals surface area contributed by atoms with Gasteiger partial charge in [0, 0.05) is 0 Å². The summed E-state index contributed by atoms with van der Waals surface area (Å²) in [6.07, 6.45) is 0. The number of hydrogen-bond donors (Lipinski definition) is 1. The topological polar surface area (TPSA) is 38.3 Å². The van der Waals surface area contributed by atoms with Crippen molar-refractivity contribution in [1.82, 2.24) is 5.32 Å². The lowest BCUT2D eigenvalue weighted by molar-refractivity contribution is -0.118. The van der Waals surface area contributed by atoms with E-state index in [2.05, 4.69) is 11.9 Å². The smallest absolute Gasteiger partial charge is 0.256 e. The van der Waals surface area contributed by atoms with Gasteiger partial charge in [0.15, 0.2) is 5.88 Å². The maximum atomic E-state index is 10.9. The van der Waals surface area contributed by atoms with Crippen LogP contribution in [0.5, 0.6) is 0 Å². The Bertz CT molecular complexity index is 228. The fourth-order valence-electron chi connectivity index (χ4n) is 0.667. The van der Waals surface area contributed by atoms with Gasteiger partial charge in [-0.3, -0.25) is 10.1 Å². The first kappa shape index (κ1) is 6.86. The molecule has 10 heavy (non-hydrogen) atoms. The summed E-state index contributed by atoms with van der Waals surface area (Å²) in [5, 5.41) is 2.45. The van der Waals surface area contributed by atoms with Crippen molar-refractivity contribution >= 4 is 5.91 Å². The van der Waals surface area contributed by atoms with Crippen molar-refractivity contribution in [1.29, 1.82) is 0 Å². The summed E-state index contributed by atoms with van der Waals surface area (Å²) < 4.78 is 5.02. The maximum Gasteiger partial charge on any atom is 0.256 e. The lowest BCUT2D eigenvalue weighted by Crippen LogP contribution is -2.29. The van der Waals surface area contributed by atoms with Crippen LogP contribution >= 0.6 is 0 Å². The molecule has 0 saturated carbocycles. The lowest BCUT2D eigenvalue weighted by atomic mass is 10.2. The van der Waals surface area contributed by atoms with E-state index in [0.717, 1.165) is 0 Å². The van der Waals surface area contributed by atoms with Gasteiger partial charge in [-0.15, -0.1) is 0 Å². The molecule has 0 radical (unpaired) electrons. The molecule has 0 unspecified atom stereocenters. The molecule has 1 aliphatic rings. The van der Waals surface area contributed by atoms with Crippen LogP contribution in [-0.2, 0) is 9.53 Å². The van der Waals surface area contributed by atoms with Gasteiger partial charge in [0.1, 0.15) is 5.76 Å². The zero-order valence-corrected chi connectivity index (χ0v) is 6.02. The van der Waals surface area contributed by atoms with Crippen molar-refractivity contribution in [2.24, 2.45) is 0 Å². The second-order valence-electron chi connectivity index (χ2n) is 2.16. The molecular weight excluding hydrogens is 130 g/mol. The van der Waals surface area contributed by atoms with Crippen molar-refractivity contribution in [2.45, 2.75) is 13.8 Å². The Kier molecular flexibility index (Phi) is 1.49. The van der Waals surface area contributed by atoms with Gasteiger partial charge in [-0.05, 0) is 20.4 Å². The fourth-order valence-corrected chi connectivity index (χ4v) is 0.667. The molecule has 0 aromatic heterocycles. The van der Waals surface area contributed by atoms with Gasteiger partial charge in [-0.25, -0.2) is 0 Å². The van der Waals surface area contributed by atoms with Gasteiger partial charge in [0.25, 0.3) is 5.91 Å². The third kappa shape index (κ3) is 1.03. The van der Waals surface area contributed by atoms with Crippen LogP contribution in [0.15, 0.2) is 23.8 Å². The number of carbonyl (C=O) groups excluding carboxylic acids is 1. The number of ether oxygens (including phenoxy) is 1. The Morgan fingerprint density at radius 2 is 2.10 bits per heavy atom. The highest BCUT2D eigenvalue weighted by Crippen LogP contribution is 2.13. The Labute approximate surface area is 59.4 Å². The van der Waals surface area contributed by atoms with E-state index < -0.39 is 0 Å². The fraction of sp³-hybridized carbons (Fsp3) is 0.286. The van der Waals surface area contributed by atoms with Crippen molar-refractivity contribution in [3.63, 3.8) is 0 Å². The van der Waals surface area contributed by atoms with Crippen LogP contribution in [0.1, 0.15) is 13.8 Å². The molecule has 0 bridgehead atoms. The Hall–Kier alpha value is -1.25. The number of rotatable bonds is 0. The molecule has 0 spiro atoms. The van der Waals surface area contributed by atoms with Gasteiger partial charge in [0.2, 0.25) is 0 Å². The average molecular weight is 139 g/mol. The van der Waals surface area contributed by atoms with E-state index in [1.807, 2.05) is 0 Å². The highest BCUT2D eigenvalue weighted by Gasteiger charge is 2.16. The van der Waals surface area contributed by atoms with Gasteiger partial charge in [-0.1, -0.05) is 0 Å². The predicted molar refractivity (Wildman–Crippen MR) is 36.7 cm³/mol. The number of carbonyl (C=O) groups is 1. The molecule has 0 aliphatic carbocycles. The van der Waals surface area contributed by atoms with Gasteiger partial charge in [0.05, 0.1) is 5.57 Å². The molecule has 3 nitrogen and oxygen atoms in total. The SMILES string of the molecule is C=C1NC(=O)C(C)=C(C)O1. The molecule has 0 atom stereocenters. The first-order valence-electron chi connectivity index (χ1n) is 2.97. The summed E-state index contributed by atoms with van der Waals surface area (Å²) in [6, 6.07) is 0.